The van der Waals surface area contributed by atoms with E-state index in [9.17, 15) is 5.26 Å². The van der Waals surface area contributed by atoms with E-state index in [-0.39, 0.29) is 5.71 Å². The summed E-state index contributed by atoms with van der Waals surface area (Å²) in [6.45, 7) is 2.02. The van der Waals surface area contributed by atoms with Gasteiger partial charge in [-0.25, -0.2) is 4.98 Å². The molecule has 0 unspecified atom stereocenters. The fourth-order valence-electron chi connectivity index (χ4n) is 2.00. The van der Waals surface area contributed by atoms with Crippen LogP contribution in [0.5, 0.6) is 0 Å². The molecule has 0 fully saturated rings. The molecule has 0 radical (unpaired) electrons. The van der Waals surface area contributed by atoms with Crippen LogP contribution in [0.25, 0.3) is 11.3 Å². The first-order chi connectivity index (χ1) is 11.7. The molecule has 1 N–H and O–H groups in total. The van der Waals surface area contributed by atoms with Crippen LogP contribution in [0.3, 0.4) is 0 Å². The summed E-state index contributed by atoms with van der Waals surface area (Å²) in [7, 11) is 0. The molecule has 24 heavy (non-hydrogen) atoms. The highest BCUT2D eigenvalue weighted by atomic mass is 35.5. The molecule has 3 aromatic rings. The Kier molecular flexibility index (Phi) is 4.90. The number of hydrogen-bond acceptors (Lipinski definition) is 5. The predicted molar refractivity (Wildman–Crippen MR) is 99.5 cm³/mol. The number of rotatable bonds is 4. The van der Waals surface area contributed by atoms with Crippen molar-refractivity contribution in [1.82, 2.24) is 4.98 Å². The first kappa shape index (κ1) is 16.2. The molecule has 3 rings (SSSR count). The average molecular weight is 353 g/mol. The zero-order chi connectivity index (χ0) is 16.9. The molecular weight excluding hydrogens is 340 g/mol. The molecule has 6 heteroatoms. The van der Waals surface area contributed by atoms with Crippen LogP contribution in [0.2, 0.25) is 5.02 Å². The lowest BCUT2D eigenvalue weighted by Gasteiger charge is -2.01. The van der Waals surface area contributed by atoms with E-state index in [0.29, 0.717) is 10.0 Å². The Hall–Kier alpha value is -2.68. The van der Waals surface area contributed by atoms with Gasteiger partial charge in [-0.2, -0.15) is 10.4 Å². The second-order valence-electron chi connectivity index (χ2n) is 5.09. The molecule has 0 bridgehead atoms. The minimum absolute atomic E-state index is 0.251. The summed E-state index contributed by atoms with van der Waals surface area (Å²) < 4.78 is 0. The summed E-state index contributed by atoms with van der Waals surface area (Å²) in [4.78, 5) is 4.49. The molecule has 0 saturated carbocycles. The van der Waals surface area contributed by atoms with Crippen molar-refractivity contribution in [1.29, 1.82) is 5.26 Å². The van der Waals surface area contributed by atoms with Crippen molar-refractivity contribution in [2.45, 2.75) is 6.92 Å². The van der Waals surface area contributed by atoms with Gasteiger partial charge in [-0.05, 0) is 31.2 Å². The minimum atomic E-state index is 0.251. The highest BCUT2D eigenvalue weighted by Gasteiger charge is 2.10. The maximum Gasteiger partial charge on any atom is 0.196 e. The van der Waals surface area contributed by atoms with Crippen LogP contribution < -0.4 is 5.43 Å². The number of hydrogen-bond donors (Lipinski definition) is 1. The van der Waals surface area contributed by atoms with Gasteiger partial charge in [0.15, 0.2) is 10.7 Å². The third kappa shape index (κ3) is 3.80. The molecule has 0 saturated heterocycles. The number of halogens is 1. The minimum Gasteiger partial charge on any atom is -0.277 e. The first-order valence-corrected chi connectivity index (χ1v) is 8.44. The molecule has 0 aliphatic carbocycles. The molecule has 1 aromatic heterocycles. The van der Waals surface area contributed by atoms with Crippen molar-refractivity contribution < 1.29 is 0 Å². The topological polar surface area (TPSA) is 61.1 Å². The Morgan fingerprint density at radius 2 is 1.88 bits per heavy atom. The molecule has 4 nitrogen and oxygen atoms in total. The largest absolute Gasteiger partial charge is 0.277 e. The van der Waals surface area contributed by atoms with Gasteiger partial charge >= 0.3 is 0 Å². The number of aryl methyl sites for hydroxylation is 1. The molecule has 0 aliphatic rings. The SMILES string of the molecule is Cc1ccc(N/N=C(\C#N)c2nc(-c3ccc(Cl)cc3)cs2)cc1. The second kappa shape index (κ2) is 7.26. The van der Waals surface area contributed by atoms with Gasteiger partial charge in [0.05, 0.1) is 11.4 Å². The van der Waals surface area contributed by atoms with Gasteiger partial charge in [-0.3, -0.25) is 5.43 Å². The van der Waals surface area contributed by atoms with Gasteiger partial charge in [-0.1, -0.05) is 41.4 Å². The van der Waals surface area contributed by atoms with Gasteiger partial charge in [0, 0.05) is 16.0 Å². The fourth-order valence-corrected chi connectivity index (χ4v) is 2.90. The zero-order valence-electron chi connectivity index (χ0n) is 12.8. The van der Waals surface area contributed by atoms with Crippen molar-refractivity contribution in [2.75, 3.05) is 5.43 Å². The zero-order valence-corrected chi connectivity index (χ0v) is 14.4. The molecule has 0 atom stereocenters. The number of nitrogens with zero attached hydrogens (tertiary/aromatic N) is 3. The van der Waals surface area contributed by atoms with E-state index in [0.717, 1.165) is 22.5 Å². The monoisotopic (exact) mass is 352 g/mol. The Bertz CT molecular complexity index is 905. The third-order valence-corrected chi connectivity index (χ3v) is 4.40. The average Bonchev–Trinajstić information content (AvgIpc) is 3.08. The summed E-state index contributed by atoms with van der Waals surface area (Å²) in [6.07, 6.45) is 0. The fraction of sp³-hybridized carbons (Fsp3) is 0.0556. The third-order valence-electron chi connectivity index (χ3n) is 3.30. The van der Waals surface area contributed by atoms with Crippen molar-refractivity contribution in [3.05, 3.63) is 69.5 Å². The summed E-state index contributed by atoms with van der Waals surface area (Å²) in [5.41, 5.74) is 6.88. The quantitative estimate of drug-likeness (QED) is 0.524. The van der Waals surface area contributed by atoms with Crippen molar-refractivity contribution in [2.24, 2.45) is 5.10 Å². The van der Waals surface area contributed by atoms with E-state index in [1.165, 1.54) is 11.3 Å². The molecule has 0 aliphatic heterocycles. The maximum atomic E-state index is 9.35. The van der Waals surface area contributed by atoms with Crippen LogP contribution in [-0.4, -0.2) is 10.7 Å². The van der Waals surface area contributed by atoms with E-state index in [4.69, 9.17) is 11.6 Å². The number of aromatic nitrogens is 1. The van der Waals surface area contributed by atoms with E-state index >= 15 is 0 Å². The Morgan fingerprint density at radius 3 is 2.54 bits per heavy atom. The highest BCUT2D eigenvalue weighted by Crippen LogP contribution is 2.24. The van der Waals surface area contributed by atoms with Gasteiger partial charge < -0.3 is 0 Å². The van der Waals surface area contributed by atoms with E-state index in [2.05, 4.69) is 21.6 Å². The number of benzene rings is 2. The van der Waals surface area contributed by atoms with Gasteiger partial charge in [-0.15, -0.1) is 11.3 Å². The number of thiazole rings is 1. The van der Waals surface area contributed by atoms with Crippen LogP contribution >= 0.6 is 22.9 Å². The van der Waals surface area contributed by atoms with Crippen molar-refractivity contribution in [3.8, 4) is 17.3 Å². The number of nitriles is 1. The van der Waals surface area contributed by atoms with Crippen LogP contribution in [0.1, 0.15) is 10.6 Å². The second-order valence-corrected chi connectivity index (χ2v) is 6.39. The number of hydrazone groups is 1. The molecule has 2 aromatic carbocycles. The normalized spacial score (nSPS) is 11.1. The van der Waals surface area contributed by atoms with Crippen LogP contribution in [0, 0.1) is 18.3 Å². The highest BCUT2D eigenvalue weighted by molar-refractivity contribution is 7.12. The maximum absolute atomic E-state index is 9.35. The lowest BCUT2D eigenvalue weighted by Crippen LogP contribution is -2.01. The van der Waals surface area contributed by atoms with E-state index in [1.807, 2.05) is 60.8 Å². The Morgan fingerprint density at radius 1 is 1.17 bits per heavy atom. The number of nitrogens with one attached hydrogen (secondary N) is 1. The summed E-state index contributed by atoms with van der Waals surface area (Å²) in [5.74, 6) is 0. The molecular formula is C18H13ClN4S. The lowest BCUT2D eigenvalue weighted by atomic mass is 10.2. The smallest absolute Gasteiger partial charge is 0.196 e. The molecule has 118 valence electrons. The molecule has 1 heterocycles. The lowest BCUT2D eigenvalue weighted by molar-refractivity contribution is 1.30. The van der Waals surface area contributed by atoms with Gasteiger partial charge in [0.1, 0.15) is 6.07 Å². The molecule has 0 amide bonds. The predicted octanol–water partition coefficient (Wildman–Crippen LogP) is 5.11. The Balaban J connectivity index is 1.81. The van der Waals surface area contributed by atoms with Crippen molar-refractivity contribution >= 4 is 34.3 Å². The summed E-state index contributed by atoms with van der Waals surface area (Å²) >= 11 is 7.28. The van der Waals surface area contributed by atoms with E-state index < -0.39 is 0 Å². The summed E-state index contributed by atoms with van der Waals surface area (Å²) in [6, 6.07) is 17.3. The van der Waals surface area contributed by atoms with Crippen LogP contribution in [-0.2, 0) is 0 Å². The first-order valence-electron chi connectivity index (χ1n) is 7.18. The molecule has 0 spiro atoms. The van der Waals surface area contributed by atoms with E-state index in [1.54, 1.807) is 0 Å². The summed E-state index contributed by atoms with van der Waals surface area (Å²) in [5, 5.41) is 16.7. The number of anilines is 1. The van der Waals surface area contributed by atoms with Gasteiger partial charge in [0.25, 0.3) is 0 Å². The standard InChI is InChI=1S/C18H13ClN4S/c1-12-2-8-15(9-3-12)22-23-16(10-20)18-21-17(11-24-18)13-4-6-14(19)7-5-13/h2-9,11,22H,1H3/b23-16+. The Labute approximate surface area is 149 Å². The van der Waals surface area contributed by atoms with Crippen LogP contribution in [0.4, 0.5) is 5.69 Å². The van der Waals surface area contributed by atoms with Gasteiger partial charge in [0.2, 0.25) is 0 Å². The van der Waals surface area contributed by atoms with Crippen LogP contribution in [0.15, 0.2) is 59.0 Å². The van der Waals surface area contributed by atoms with Crippen molar-refractivity contribution in [3.63, 3.8) is 0 Å².